The van der Waals surface area contributed by atoms with Gasteiger partial charge in [0.25, 0.3) is 5.82 Å². The zero-order valence-corrected chi connectivity index (χ0v) is 15.2. The Kier molecular flexibility index (Phi) is 4.27. The van der Waals surface area contributed by atoms with Crippen LogP contribution in [0.4, 0.5) is 5.82 Å². The lowest BCUT2D eigenvalue weighted by Crippen LogP contribution is -2.28. The number of para-hydroxylation sites is 2. The van der Waals surface area contributed by atoms with E-state index in [1.165, 1.54) is 0 Å². The van der Waals surface area contributed by atoms with Crippen LogP contribution in [0.2, 0.25) is 0 Å². The fourth-order valence-electron chi connectivity index (χ4n) is 3.43. The summed E-state index contributed by atoms with van der Waals surface area (Å²) >= 11 is 0. The number of fused-ring (bicyclic) bond motifs is 3. The molecule has 3 heterocycles. The van der Waals surface area contributed by atoms with Crippen molar-refractivity contribution in [3.63, 3.8) is 0 Å². The van der Waals surface area contributed by atoms with E-state index in [2.05, 4.69) is 33.5 Å². The first-order chi connectivity index (χ1) is 13.2. The zero-order valence-electron chi connectivity index (χ0n) is 15.2. The van der Waals surface area contributed by atoms with Crippen LogP contribution in [-0.2, 0) is 6.42 Å². The highest BCUT2D eigenvalue weighted by Crippen LogP contribution is 2.25. The Morgan fingerprint density at radius 1 is 1.26 bits per heavy atom. The number of hydrogen-bond donors (Lipinski definition) is 2. The number of anilines is 1. The van der Waals surface area contributed by atoms with Crippen LogP contribution in [0.25, 0.3) is 16.7 Å². The van der Waals surface area contributed by atoms with Gasteiger partial charge in [-0.3, -0.25) is 9.97 Å². The Morgan fingerprint density at radius 2 is 2.04 bits per heavy atom. The number of pyridine rings is 2. The Bertz CT molecular complexity index is 1200. The SMILES string of the molecule is CCc1c(C)c(C#N)c2[nH]c3ccccc3[n+]2c1NN=Cc1ccncc1. The molecule has 0 amide bonds. The van der Waals surface area contributed by atoms with E-state index in [0.717, 1.165) is 45.6 Å². The van der Waals surface area contributed by atoms with Gasteiger partial charge < -0.3 is 0 Å². The molecule has 4 rings (SSSR count). The molecule has 1 aromatic carbocycles. The monoisotopic (exact) mass is 355 g/mol. The molecule has 0 atom stereocenters. The molecule has 0 aliphatic heterocycles. The molecule has 0 spiro atoms. The van der Waals surface area contributed by atoms with Crippen molar-refractivity contribution in [2.75, 3.05) is 5.43 Å². The molecule has 0 aliphatic carbocycles. The number of nitrogens with zero attached hydrogens (tertiary/aromatic N) is 4. The van der Waals surface area contributed by atoms with Crippen LogP contribution in [0, 0.1) is 18.3 Å². The third-order valence-corrected chi connectivity index (χ3v) is 4.75. The maximum atomic E-state index is 9.74. The summed E-state index contributed by atoms with van der Waals surface area (Å²) in [5.41, 5.74) is 9.61. The number of nitrogens with one attached hydrogen (secondary N) is 2. The maximum absolute atomic E-state index is 9.74. The summed E-state index contributed by atoms with van der Waals surface area (Å²) in [6.07, 6.45) is 6.01. The predicted octanol–water partition coefficient (Wildman–Crippen LogP) is 3.49. The minimum Gasteiger partial charge on any atom is -0.269 e. The number of rotatable bonds is 4. The average Bonchev–Trinajstić information content (AvgIpc) is 3.08. The van der Waals surface area contributed by atoms with Crippen LogP contribution in [0.5, 0.6) is 0 Å². The van der Waals surface area contributed by atoms with Gasteiger partial charge in [-0.25, -0.2) is 0 Å². The van der Waals surface area contributed by atoms with Crippen molar-refractivity contribution in [1.29, 1.82) is 5.26 Å². The van der Waals surface area contributed by atoms with Gasteiger partial charge in [0.1, 0.15) is 22.7 Å². The molecule has 0 bridgehead atoms. The van der Waals surface area contributed by atoms with Crippen molar-refractivity contribution in [3.05, 3.63) is 71.0 Å². The molecule has 132 valence electrons. The number of H-pyrrole nitrogens is 1. The largest absolute Gasteiger partial charge is 0.269 e. The van der Waals surface area contributed by atoms with E-state index in [4.69, 9.17) is 0 Å². The third-order valence-electron chi connectivity index (χ3n) is 4.75. The van der Waals surface area contributed by atoms with Gasteiger partial charge in [-0.05, 0) is 48.7 Å². The molecular weight excluding hydrogens is 336 g/mol. The van der Waals surface area contributed by atoms with Crippen molar-refractivity contribution in [2.24, 2.45) is 5.10 Å². The number of aromatic amines is 1. The quantitative estimate of drug-likeness (QED) is 0.334. The summed E-state index contributed by atoms with van der Waals surface area (Å²) in [6.45, 7) is 4.07. The van der Waals surface area contributed by atoms with E-state index in [1.54, 1.807) is 18.6 Å². The number of aromatic nitrogens is 3. The lowest BCUT2D eigenvalue weighted by molar-refractivity contribution is -0.465. The second-order valence-electron chi connectivity index (χ2n) is 6.27. The molecule has 0 unspecified atom stereocenters. The normalized spacial score (nSPS) is 11.3. The molecule has 0 fully saturated rings. The van der Waals surface area contributed by atoms with E-state index >= 15 is 0 Å². The van der Waals surface area contributed by atoms with E-state index in [-0.39, 0.29) is 0 Å². The van der Waals surface area contributed by atoms with Crippen molar-refractivity contribution >= 4 is 28.7 Å². The molecule has 6 heteroatoms. The minimum atomic E-state index is 0.659. The average molecular weight is 355 g/mol. The lowest BCUT2D eigenvalue weighted by atomic mass is 10.0. The molecule has 0 saturated heterocycles. The Balaban J connectivity index is 1.95. The summed E-state index contributed by atoms with van der Waals surface area (Å²) < 4.78 is 2.05. The number of benzene rings is 1. The molecule has 6 nitrogen and oxygen atoms in total. The number of hydrogen-bond acceptors (Lipinski definition) is 4. The standard InChI is InChI=1S/C21H18N6/c1-3-16-14(2)17(12-22)20-25-18-6-4-5-7-19(18)27(20)21(16)26-24-13-15-8-10-23-11-9-15/h4-11,13H,3H2,1-2H3,(H,23,25,26)/p+1. The molecule has 3 aromatic heterocycles. The van der Waals surface area contributed by atoms with Crippen LogP contribution >= 0.6 is 0 Å². The molecule has 0 radical (unpaired) electrons. The number of hydrazone groups is 1. The van der Waals surface area contributed by atoms with E-state index in [0.29, 0.717) is 5.56 Å². The van der Waals surface area contributed by atoms with Crippen LogP contribution in [0.1, 0.15) is 29.2 Å². The number of nitriles is 1. The Morgan fingerprint density at radius 3 is 2.78 bits per heavy atom. The van der Waals surface area contributed by atoms with Crippen molar-refractivity contribution < 1.29 is 4.40 Å². The molecule has 4 aromatic rings. The maximum Gasteiger partial charge on any atom is 0.253 e. The highest BCUT2D eigenvalue weighted by atomic mass is 15.3. The van der Waals surface area contributed by atoms with E-state index in [1.807, 2.05) is 47.7 Å². The Hall–Kier alpha value is -3.72. The molecule has 0 saturated carbocycles. The van der Waals surface area contributed by atoms with Gasteiger partial charge in [-0.2, -0.15) is 15.1 Å². The topological polar surface area (TPSA) is 81.0 Å². The van der Waals surface area contributed by atoms with Gasteiger partial charge in [0.2, 0.25) is 5.65 Å². The predicted molar refractivity (Wildman–Crippen MR) is 106 cm³/mol. The number of imidazole rings is 1. The van der Waals surface area contributed by atoms with Gasteiger partial charge in [-0.15, -0.1) is 5.10 Å². The smallest absolute Gasteiger partial charge is 0.253 e. The van der Waals surface area contributed by atoms with Crippen LogP contribution in [-0.4, -0.2) is 16.2 Å². The second kappa shape index (κ2) is 6.89. The first-order valence-electron chi connectivity index (χ1n) is 8.81. The third kappa shape index (κ3) is 2.79. The van der Waals surface area contributed by atoms with E-state index in [9.17, 15) is 5.26 Å². The molecule has 2 N–H and O–H groups in total. The van der Waals surface area contributed by atoms with Crippen molar-refractivity contribution in [1.82, 2.24) is 9.97 Å². The summed E-state index contributed by atoms with van der Waals surface area (Å²) in [5, 5.41) is 14.2. The molecule has 27 heavy (non-hydrogen) atoms. The van der Waals surface area contributed by atoms with Gasteiger partial charge in [0.15, 0.2) is 0 Å². The van der Waals surface area contributed by atoms with Gasteiger partial charge >= 0.3 is 0 Å². The van der Waals surface area contributed by atoms with Crippen LogP contribution < -0.4 is 9.83 Å². The zero-order chi connectivity index (χ0) is 18.8. The van der Waals surface area contributed by atoms with Gasteiger partial charge in [-0.1, -0.05) is 19.1 Å². The summed E-state index contributed by atoms with van der Waals surface area (Å²) in [6, 6.07) is 14.2. The fraction of sp³-hybridized carbons (Fsp3) is 0.143. The molecule has 0 aliphatic rings. The van der Waals surface area contributed by atoms with Crippen LogP contribution in [0.3, 0.4) is 0 Å². The summed E-state index contributed by atoms with van der Waals surface area (Å²) in [7, 11) is 0. The van der Waals surface area contributed by atoms with Crippen LogP contribution in [0.15, 0.2) is 53.9 Å². The highest BCUT2D eigenvalue weighted by molar-refractivity contribution is 5.80. The minimum absolute atomic E-state index is 0.659. The summed E-state index contributed by atoms with van der Waals surface area (Å²) in [5.74, 6) is 0.867. The first-order valence-corrected chi connectivity index (χ1v) is 8.81. The van der Waals surface area contributed by atoms with Gasteiger partial charge in [0, 0.05) is 18.0 Å². The van der Waals surface area contributed by atoms with Gasteiger partial charge in [0.05, 0.1) is 6.21 Å². The lowest BCUT2D eigenvalue weighted by Gasteiger charge is -2.10. The first kappa shape index (κ1) is 16.7. The molecular formula is C21H19N6+. The van der Waals surface area contributed by atoms with Crippen molar-refractivity contribution in [2.45, 2.75) is 20.3 Å². The Labute approximate surface area is 156 Å². The fourth-order valence-corrected chi connectivity index (χ4v) is 3.43. The summed E-state index contributed by atoms with van der Waals surface area (Å²) in [4.78, 5) is 7.40. The second-order valence-corrected chi connectivity index (χ2v) is 6.27. The van der Waals surface area contributed by atoms with Crippen molar-refractivity contribution in [3.8, 4) is 6.07 Å². The van der Waals surface area contributed by atoms with E-state index < -0.39 is 0 Å². The highest BCUT2D eigenvalue weighted by Gasteiger charge is 2.24.